The van der Waals surface area contributed by atoms with Crippen LogP contribution in [-0.4, -0.2) is 104 Å². The summed E-state index contributed by atoms with van der Waals surface area (Å²) in [5.74, 6) is -2.29. The zero-order valence-corrected chi connectivity index (χ0v) is 11.0. The van der Waals surface area contributed by atoms with Crippen molar-refractivity contribution >= 4 is 0 Å². The van der Waals surface area contributed by atoms with Gasteiger partial charge in [-0.1, -0.05) is 0 Å². The van der Waals surface area contributed by atoms with Gasteiger partial charge in [-0.05, 0) is 0 Å². The van der Waals surface area contributed by atoms with E-state index in [1.165, 1.54) is 0 Å². The van der Waals surface area contributed by atoms with Crippen molar-refractivity contribution in [2.75, 3.05) is 19.8 Å². The van der Waals surface area contributed by atoms with Gasteiger partial charge in [-0.2, -0.15) is 0 Å². The maximum Gasteiger partial charge on any atom is 0.219 e. The summed E-state index contributed by atoms with van der Waals surface area (Å²) in [7, 11) is 0. The van der Waals surface area contributed by atoms with Gasteiger partial charge in [-0.25, -0.2) is 0 Å². The molecule has 7 N–H and O–H groups in total. The lowest BCUT2D eigenvalue weighted by atomic mass is 10.0. The van der Waals surface area contributed by atoms with Crippen molar-refractivity contribution in [3.05, 3.63) is 0 Å². The largest absolute Gasteiger partial charge is 0.394 e. The van der Waals surface area contributed by atoms with Crippen LogP contribution in [0.2, 0.25) is 0 Å². The minimum Gasteiger partial charge on any atom is -0.394 e. The summed E-state index contributed by atoms with van der Waals surface area (Å²) in [4.78, 5) is 0. The Labute approximate surface area is 119 Å². The van der Waals surface area contributed by atoms with Gasteiger partial charge in [0.25, 0.3) is 0 Å². The van der Waals surface area contributed by atoms with Gasteiger partial charge >= 0.3 is 0 Å². The maximum atomic E-state index is 10.0. The summed E-state index contributed by atoms with van der Waals surface area (Å²) < 4.78 is 15.1. The van der Waals surface area contributed by atoms with Crippen LogP contribution in [0.1, 0.15) is 0 Å². The second-order valence-electron chi connectivity index (χ2n) is 5.14. The van der Waals surface area contributed by atoms with Gasteiger partial charge in [0.1, 0.15) is 36.6 Å². The first-order chi connectivity index (χ1) is 9.84. The normalized spacial score (nSPS) is 51.3. The lowest BCUT2D eigenvalue weighted by molar-refractivity contribution is -0.325. The van der Waals surface area contributed by atoms with Crippen LogP contribution < -0.4 is 0 Å². The maximum absolute atomic E-state index is 10.0. The lowest BCUT2D eigenvalue weighted by Crippen LogP contribution is -2.58. The average molecular weight is 312 g/mol. The summed E-state index contributed by atoms with van der Waals surface area (Å²) >= 11 is 0. The highest BCUT2D eigenvalue weighted by atomic mass is 16.7. The monoisotopic (exact) mass is 312 g/mol. The van der Waals surface area contributed by atoms with Crippen LogP contribution in [0.3, 0.4) is 0 Å². The summed E-state index contributed by atoms with van der Waals surface area (Å²) in [5, 5.41) is 66.8. The van der Waals surface area contributed by atoms with E-state index in [0.29, 0.717) is 0 Å². The number of ether oxygens (including phenoxy) is 3. The van der Waals surface area contributed by atoms with Crippen LogP contribution >= 0.6 is 0 Å². The fraction of sp³-hybridized carbons (Fsp3) is 1.00. The molecule has 2 saturated heterocycles. The predicted octanol–water partition coefficient (Wildman–Crippen LogP) is -4.76. The van der Waals surface area contributed by atoms with Gasteiger partial charge in [-0.15, -0.1) is 0 Å². The third-order valence-electron chi connectivity index (χ3n) is 3.63. The average Bonchev–Trinajstić information content (AvgIpc) is 2.72. The van der Waals surface area contributed by atoms with Gasteiger partial charge in [0, 0.05) is 0 Å². The highest BCUT2D eigenvalue weighted by Gasteiger charge is 2.56. The minimum atomic E-state index is -2.29. The van der Waals surface area contributed by atoms with Crippen LogP contribution in [0.5, 0.6) is 0 Å². The molecule has 21 heavy (non-hydrogen) atoms. The first-order valence-corrected chi connectivity index (χ1v) is 6.45. The molecule has 10 nitrogen and oxygen atoms in total. The fourth-order valence-corrected chi connectivity index (χ4v) is 2.36. The molecule has 0 amide bonds. The Bertz CT molecular complexity index is 354. The molecular weight excluding hydrogens is 292 g/mol. The standard InChI is InChI=1S/C11H20O10/c12-1-5-7(16)9(11(18,3-13)21-5)20-10-8(17)6(15)4(14)2-19-10/h4-10,12-18H,1-3H2/t4-,5-,6+,7-,8-,9+,10+,11-/m1/s1. The van der Waals surface area contributed by atoms with Gasteiger partial charge in [0.15, 0.2) is 6.29 Å². The van der Waals surface area contributed by atoms with Crippen molar-refractivity contribution in [3.63, 3.8) is 0 Å². The van der Waals surface area contributed by atoms with E-state index in [0.717, 1.165) is 0 Å². The molecule has 8 atom stereocenters. The minimum absolute atomic E-state index is 0.326. The number of aliphatic hydroxyl groups is 7. The highest BCUT2D eigenvalue weighted by Crippen LogP contribution is 2.33. The van der Waals surface area contributed by atoms with E-state index in [1.807, 2.05) is 0 Å². The Morgan fingerprint density at radius 3 is 2.29 bits per heavy atom. The van der Waals surface area contributed by atoms with Crippen LogP contribution in [0, 0.1) is 0 Å². The Morgan fingerprint density at radius 2 is 1.71 bits per heavy atom. The van der Waals surface area contributed by atoms with Crippen LogP contribution in [0.15, 0.2) is 0 Å². The van der Waals surface area contributed by atoms with Crippen LogP contribution in [0.25, 0.3) is 0 Å². The summed E-state index contributed by atoms with van der Waals surface area (Å²) in [5.41, 5.74) is 0. The summed E-state index contributed by atoms with van der Waals surface area (Å²) in [6.07, 6.45) is -10.1. The van der Waals surface area contributed by atoms with Gasteiger partial charge in [-0.3, -0.25) is 0 Å². The molecule has 0 aromatic rings. The third kappa shape index (κ3) is 3.05. The van der Waals surface area contributed by atoms with Crippen molar-refractivity contribution in [3.8, 4) is 0 Å². The van der Waals surface area contributed by atoms with E-state index < -0.39 is 61.9 Å². The first kappa shape index (κ1) is 17.0. The third-order valence-corrected chi connectivity index (χ3v) is 3.63. The number of rotatable bonds is 4. The zero-order chi connectivity index (χ0) is 15.8. The molecule has 2 aliphatic rings. The van der Waals surface area contributed by atoms with E-state index in [4.69, 9.17) is 19.3 Å². The van der Waals surface area contributed by atoms with Gasteiger partial charge < -0.3 is 50.0 Å². The second kappa shape index (κ2) is 6.38. The Morgan fingerprint density at radius 1 is 1.05 bits per heavy atom. The number of hydrogen-bond acceptors (Lipinski definition) is 10. The molecule has 2 rings (SSSR count). The Kier molecular flexibility index (Phi) is 5.15. The van der Waals surface area contributed by atoms with Crippen molar-refractivity contribution in [2.24, 2.45) is 0 Å². The molecule has 124 valence electrons. The van der Waals surface area contributed by atoms with Crippen molar-refractivity contribution in [1.29, 1.82) is 0 Å². The molecule has 0 unspecified atom stereocenters. The van der Waals surface area contributed by atoms with Crippen molar-refractivity contribution < 1.29 is 50.0 Å². The molecular formula is C11H20O10. The van der Waals surface area contributed by atoms with E-state index in [1.54, 1.807) is 0 Å². The molecule has 2 aliphatic heterocycles. The topological polar surface area (TPSA) is 169 Å². The summed E-state index contributed by atoms with van der Waals surface area (Å²) in [6.45, 7) is -1.88. The first-order valence-electron chi connectivity index (χ1n) is 6.45. The van der Waals surface area contributed by atoms with Crippen LogP contribution in [-0.2, 0) is 14.2 Å². The van der Waals surface area contributed by atoms with Gasteiger partial charge in [0.2, 0.25) is 5.79 Å². The Balaban J connectivity index is 2.09. The SMILES string of the molecule is OC[C@H]1O[C@](O)(CO)[C@@H](O[C@@H]2OC[C@@H](O)[C@H](O)[C@H]2O)[C@@H]1O. The molecule has 0 aromatic heterocycles. The number of aliphatic hydroxyl groups excluding tert-OH is 6. The quantitative estimate of drug-likeness (QED) is 0.267. The predicted molar refractivity (Wildman–Crippen MR) is 62.6 cm³/mol. The molecule has 0 aliphatic carbocycles. The van der Waals surface area contributed by atoms with E-state index in [9.17, 15) is 30.6 Å². The highest BCUT2D eigenvalue weighted by molar-refractivity contribution is 4.97. The summed E-state index contributed by atoms with van der Waals surface area (Å²) in [6, 6.07) is 0. The van der Waals surface area contributed by atoms with Crippen molar-refractivity contribution in [2.45, 2.75) is 48.7 Å². The molecule has 0 saturated carbocycles. The Hall–Kier alpha value is -0.400. The smallest absolute Gasteiger partial charge is 0.219 e. The molecule has 2 heterocycles. The number of hydrogen-bond donors (Lipinski definition) is 7. The molecule has 2 fully saturated rings. The molecule has 0 spiro atoms. The second-order valence-corrected chi connectivity index (χ2v) is 5.14. The van der Waals surface area contributed by atoms with E-state index >= 15 is 0 Å². The molecule has 10 heteroatoms. The van der Waals surface area contributed by atoms with Crippen molar-refractivity contribution in [1.82, 2.24) is 0 Å². The molecule has 0 aromatic carbocycles. The molecule has 0 bridgehead atoms. The van der Waals surface area contributed by atoms with Gasteiger partial charge in [0.05, 0.1) is 19.8 Å². The zero-order valence-electron chi connectivity index (χ0n) is 11.0. The van der Waals surface area contributed by atoms with E-state index in [-0.39, 0.29) is 6.61 Å². The van der Waals surface area contributed by atoms with E-state index in [2.05, 4.69) is 0 Å². The lowest BCUT2D eigenvalue weighted by Gasteiger charge is -2.38. The molecule has 0 radical (unpaired) electrons. The fourth-order valence-electron chi connectivity index (χ4n) is 2.36. The van der Waals surface area contributed by atoms with Crippen LogP contribution in [0.4, 0.5) is 0 Å².